The van der Waals surface area contributed by atoms with Crippen molar-refractivity contribution >= 4 is 11.5 Å². The Balaban J connectivity index is 1.45. The standard InChI is InChI=1S/C21H34N4O/c1-4-17-12-25(11-13(2)26-17)21-8-7-19(14(3)23-21)24-20-10-15-5-6-16(20)9-18(15)22/h7-8,13,15-18,20,24H,4-6,9-12,22H2,1-3H3/t13?,15?,16?,17-,18?,20?/m1/s1. The molecule has 0 aromatic carbocycles. The zero-order valence-electron chi connectivity index (χ0n) is 16.4. The Labute approximate surface area is 157 Å². The molecule has 26 heavy (non-hydrogen) atoms. The number of pyridine rings is 1. The molecule has 1 aromatic rings. The first-order valence-corrected chi connectivity index (χ1v) is 10.4. The van der Waals surface area contributed by atoms with Crippen LogP contribution >= 0.6 is 0 Å². The van der Waals surface area contributed by atoms with E-state index in [1.807, 2.05) is 0 Å². The molecule has 1 aromatic heterocycles. The molecule has 0 spiro atoms. The van der Waals surface area contributed by atoms with Crippen molar-refractivity contribution in [3.05, 3.63) is 17.8 Å². The fourth-order valence-electron chi connectivity index (χ4n) is 5.19. The summed E-state index contributed by atoms with van der Waals surface area (Å²) in [5, 5.41) is 3.80. The van der Waals surface area contributed by atoms with Crippen molar-refractivity contribution in [2.24, 2.45) is 17.6 Å². The molecule has 2 bridgehead atoms. The summed E-state index contributed by atoms with van der Waals surface area (Å²) in [7, 11) is 0. The number of rotatable bonds is 4. The third kappa shape index (κ3) is 3.56. The van der Waals surface area contributed by atoms with E-state index in [4.69, 9.17) is 15.5 Å². The number of anilines is 2. The Morgan fingerprint density at radius 2 is 2.04 bits per heavy atom. The summed E-state index contributed by atoms with van der Waals surface area (Å²) in [4.78, 5) is 7.30. The van der Waals surface area contributed by atoms with E-state index in [2.05, 4.69) is 43.1 Å². The molecule has 3 saturated carbocycles. The average molecular weight is 359 g/mol. The summed E-state index contributed by atoms with van der Waals surface area (Å²) in [6.45, 7) is 8.32. The van der Waals surface area contributed by atoms with Crippen molar-refractivity contribution in [1.82, 2.24) is 4.98 Å². The van der Waals surface area contributed by atoms with Gasteiger partial charge in [0.15, 0.2) is 0 Å². The number of fused-ring (bicyclic) bond motifs is 3. The van der Waals surface area contributed by atoms with Crippen molar-refractivity contribution in [1.29, 1.82) is 0 Å². The number of hydrogen-bond donors (Lipinski definition) is 2. The first-order valence-electron chi connectivity index (χ1n) is 10.4. The van der Waals surface area contributed by atoms with E-state index < -0.39 is 0 Å². The van der Waals surface area contributed by atoms with Crippen LogP contribution < -0.4 is 16.0 Å². The lowest BCUT2D eigenvalue weighted by Gasteiger charge is -2.46. The Morgan fingerprint density at radius 1 is 1.23 bits per heavy atom. The highest BCUT2D eigenvalue weighted by Crippen LogP contribution is 2.42. The molecule has 5 rings (SSSR count). The molecule has 6 atom stereocenters. The molecule has 0 radical (unpaired) electrons. The Kier molecular flexibility index (Phi) is 5.11. The minimum absolute atomic E-state index is 0.260. The van der Waals surface area contributed by atoms with Crippen LogP contribution in [0.5, 0.6) is 0 Å². The van der Waals surface area contributed by atoms with E-state index in [0.29, 0.717) is 24.1 Å². The predicted octanol–water partition coefficient (Wildman–Crippen LogP) is 3.32. The maximum Gasteiger partial charge on any atom is 0.129 e. The topological polar surface area (TPSA) is 63.4 Å². The second-order valence-electron chi connectivity index (χ2n) is 8.67. The quantitative estimate of drug-likeness (QED) is 0.864. The van der Waals surface area contributed by atoms with Gasteiger partial charge in [0.05, 0.1) is 23.6 Å². The summed E-state index contributed by atoms with van der Waals surface area (Å²) in [5.74, 6) is 2.50. The number of ether oxygens (including phenoxy) is 1. The zero-order chi connectivity index (χ0) is 18.3. The predicted molar refractivity (Wildman–Crippen MR) is 107 cm³/mol. The third-order valence-electron chi connectivity index (χ3n) is 6.73. The smallest absolute Gasteiger partial charge is 0.129 e. The maximum atomic E-state index is 6.29. The summed E-state index contributed by atoms with van der Waals surface area (Å²) >= 11 is 0. The van der Waals surface area contributed by atoms with Crippen LogP contribution in [0.1, 0.15) is 51.6 Å². The SMILES string of the molecule is CC[C@@H]1CN(c2ccc(NC3CC4CCC3CC4N)c(C)n2)CC(C)O1. The van der Waals surface area contributed by atoms with Crippen LogP contribution in [-0.2, 0) is 4.74 Å². The average Bonchev–Trinajstić information content (AvgIpc) is 2.63. The lowest BCUT2D eigenvalue weighted by molar-refractivity contribution is -0.0174. The molecule has 3 aliphatic carbocycles. The van der Waals surface area contributed by atoms with Crippen molar-refractivity contribution < 1.29 is 4.74 Å². The van der Waals surface area contributed by atoms with Crippen LogP contribution in [0.15, 0.2) is 12.1 Å². The Morgan fingerprint density at radius 3 is 2.69 bits per heavy atom. The highest BCUT2D eigenvalue weighted by Gasteiger charge is 2.40. The number of nitrogens with zero attached hydrogens (tertiary/aromatic N) is 2. The molecule has 5 unspecified atom stereocenters. The molecule has 4 fully saturated rings. The van der Waals surface area contributed by atoms with Gasteiger partial charge in [-0.05, 0) is 69.9 Å². The molecule has 2 heterocycles. The fourth-order valence-corrected chi connectivity index (χ4v) is 5.19. The summed E-state index contributed by atoms with van der Waals surface area (Å²) in [6.07, 6.45) is 6.64. The molecule has 3 N–H and O–H groups in total. The number of nitrogens with one attached hydrogen (secondary N) is 1. The molecule has 5 nitrogen and oxygen atoms in total. The zero-order valence-corrected chi connectivity index (χ0v) is 16.4. The van der Waals surface area contributed by atoms with Gasteiger partial charge in [0, 0.05) is 25.2 Å². The van der Waals surface area contributed by atoms with E-state index in [1.54, 1.807) is 0 Å². The highest BCUT2D eigenvalue weighted by molar-refractivity contribution is 5.54. The number of aryl methyl sites for hydroxylation is 1. The first kappa shape index (κ1) is 18.1. The molecule has 144 valence electrons. The van der Waals surface area contributed by atoms with Crippen LogP contribution in [0.25, 0.3) is 0 Å². The van der Waals surface area contributed by atoms with Gasteiger partial charge in [-0.3, -0.25) is 0 Å². The van der Waals surface area contributed by atoms with E-state index in [9.17, 15) is 0 Å². The van der Waals surface area contributed by atoms with Crippen molar-refractivity contribution in [2.75, 3.05) is 23.3 Å². The molecule has 0 amide bonds. The summed E-state index contributed by atoms with van der Waals surface area (Å²) in [6, 6.07) is 5.38. The van der Waals surface area contributed by atoms with Gasteiger partial charge < -0.3 is 20.7 Å². The first-order chi connectivity index (χ1) is 12.5. The van der Waals surface area contributed by atoms with Gasteiger partial charge in [0.2, 0.25) is 0 Å². The van der Waals surface area contributed by atoms with Crippen molar-refractivity contribution in [2.45, 2.75) is 77.2 Å². The van der Waals surface area contributed by atoms with Crippen LogP contribution in [0.4, 0.5) is 11.5 Å². The summed E-state index contributed by atoms with van der Waals surface area (Å²) in [5.41, 5.74) is 8.57. The molecule has 1 saturated heterocycles. The number of morpholine rings is 1. The van der Waals surface area contributed by atoms with Gasteiger partial charge in [0.1, 0.15) is 5.82 Å². The van der Waals surface area contributed by atoms with Crippen molar-refractivity contribution in [3.63, 3.8) is 0 Å². The fraction of sp³-hybridized carbons (Fsp3) is 0.762. The largest absolute Gasteiger partial charge is 0.381 e. The molecule has 4 aliphatic rings. The molecule has 5 heteroatoms. The van der Waals surface area contributed by atoms with Crippen molar-refractivity contribution in [3.8, 4) is 0 Å². The number of hydrogen-bond acceptors (Lipinski definition) is 5. The van der Waals surface area contributed by atoms with E-state index in [-0.39, 0.29) is 6.10 Å². The molecule has 1 aliphatic heterocycles. The normalized spacial score (nSPS) is 37.0. The van der Waals surface area contributed by atoms with Crippen LogP contribution in [-0.4, -0.2) is 42.4 Å². The number of aromatic nitrogens is 1. The summed E-state index contributed by atoms with van der Waals surface area (Å²) < 4.78 is 5.99. The lowest BCUT2D eigenvalue weighted by Crippen LogP contribution is -2.50. The van der Waals surface area contributed by atoms with E-state index in [1.165, 1.54) is 31.4 Å². The van der Waals surface area contributed by atoms with Gasteiger partial charge in [-0.25, -0.2) is 4.98 Å². The maximum absolute atomic E-state index is 6.29. The van der Waals surface area contributed by atoms with E-state index >= 15 is 0 Å². The monoisotopic (exact) mass is 358 g/mol. The van der Waals surface area contributed by atoms with Gasteiger partial charge in [-0.2, -0.15) is 0 Å². The lowest BCUT2D eigenvalue weighted by atomic mass is 9.65. The number of nitrogens with two attached hydrogens (primary N) is 1. The molecular formula is C21H34N4O. The van der Waals surface area contributed by atoms with Crippen LogP contribution in [0.3, 0.4) is 0 Å². The van der Waals surface area contributed by atoms with Gasteiger partial charge in [0.25, 0.3) is 0 Å². The third-order valence-corrected chi connectivity index (χ3v) is 6.73. The highest BCUT2D eigenvalue weighted by atomic mass is 16.5. The van der Waals surface area contributed by atoms with Crippen LogP contribution in [0, 0.1) is 18.8 Å². The minimum atomic E-state index is 0.260. The molecular weight excluding hydrogens is 324 g/mol. The van der Waals surface area contributed by atoms with Gasteiger partial charge in [-0.15, -0.1) is 0 Å². The second kappa shape index (κ2) is 7.35. The van der Waals surface area contributed by atoms with Crippen LogP contribution in [0.2, 0.25) is 0 Å². The minimum Gasteiger partial charge on any atom is -0.381 e. The Hall–Kier alpha value is -1.33. The second-order valence-corrected chi connectivity index (χ2v) is 8.67. The van der Waals surface area contributed by atoms with E-state index in [0.717, 1.165) is 36.9 Å². The van der Waals surface area contributed by atoms with Gasteiger partial charge in [-0.1, -0.05) is 6.92 Å². The Bertz CT molecular complexity index is 636. The van der Waals surface area contributed by atoms with Gasteiger partial charge >= 0.3 is 0 Å².